The average Bonchev–Trinajstić information content (AvgIpc) is 2.68. The fraction of sp³-hybridized carbons (Fsp3) is 0.350. The summed E-state index contributed by atoms with van der Waals surface area (Å²) in [5.74, 6) is 0.859. The maximum atomic E-state index is 5.38. The Hall–Kier alpha value is -2.27. The lowest BCUT2D eigenvalue weighted by molar-refractivity contribution is 0.414. The molecule has 2 aromatic rings. The van der Waals surface area contributed by atoms with Gasteiger partial charge in [0.15, 0.2) is 5.11 Å². The van der Waals surface area contributed by atoms with Crippen molar-refractivity contribution < 1.29 is 4.74 Å². The van der Waals surface area contributed by atoms with Gasteiger partial charge in [0.2, 0.25) is 0 Å². The molecule has 0 saturated carbocycles. The molecule has 0 aromatic heterocycles. The largest absolute Gasteiger partial charge is 0.497 e. The molecule has 3 rings (SSSR count). The molecule has 0 atom stereocenters. The van der Waals surface area contributed by atoms with Gasteiger partial charge in [-0.3, -0.25) is 0 Å². The van der Waals surface area contributed by atoms with Gasteiger partial charge in [-0.15, -0.1) is 0 Å². The molecular weight excluding hydrogens is 330 g/mol. The fourth-order valence-electron chi connectivity index (χ4n) is 3.01. The van der Waals surface area contributed by atoms with E-state index in [0.717, 1.165) is 30.1 Å². The third-order valence-electron chi connectivity index (χ3n) is 4.46. The minimum atomic E-state index is 0.626. The van der Waals surface area contributed by atoms with Crippen molar-refractivity contribution in [2.75, 3.05) is 30.4 Å². The molecule has 1 aliphatic rings. The topological polar surface area (TPSA) is 36.5 Å². The van der Waals surface area contributed by atoms with Crippen LogP contribution in [0.5, 0.6) is 5.75 Å². The van der Waals surface area contributed by atoms with Gasteiger partial charge in [0.25, 0.3) is 0 Å². The van der Waals surface area contributed by atoms with Crippen molar-refractivity contribution in [2.45, 2.75) is 25.8 Å². The van der Waals surface area contributed by atoms with Crippen LogP contribution >= 0.6 is 12.2 Å². The van der Waals surface area contributed by atoms with Gasteiger partial charge in [0, 0.05) is 31.0 Å². The van der Waals surface area contributed by atoms with Crippen molar-refractivity contribution in [3.63, 3.8) is 0 Å². The van der Waals surface area contributed by atoms with Gasteiger partial charge < -0.3 is 20.3 Å². The first-order valence-electron chi connectivity index (χ1n) is 8.77. The summed E-state index contributed by atoms with van der Waals surface area (Å²) in [4.78, 5) is 2.45. The average molecular weight is 356 g/mol. The quantitative estimate of drug-likeness (QED) is 0.787. The lowest BCUT2D eigenvalue weighted by Gasteiger charge is -2.28. The molecule has 25 heavy (non-hydrogen) atoms. The van der Waals surface area contributed by atoms with Crippen LogP contribution in [0.4, 0.5) is 11.4 Å². The number of anilines is 2. The first-order valence-corrected chi connectivity index (χ1v) is 9.18. The van der Waals surface area contributed by atoms with Crippen LogP contribution < -0.4 is 20.3 Å². The molecule has 0 amide bonds. The Bertz CT molecular complexity index is 679. The molecule has 0 unspecified atom stereocenters. The van der Waals surface area contributed by atoms with Gasteiger partial charge in [0.05, 0.1) is 7.11 Å². The van der Waals surface area contributed by atoms with E-state index >= 15 is 0 Å². The highest BCUT2D eigenvalue weighted by atomic mass is 32.1. The number of hydrogen-bond donors (Lipinski definition) is 2. The highest BCUT2D eigenvalue weighted by Crippen LogP contribution is 2.21. The summed E-state index contributed by atoms with van der Waals surface area (Å²) in [6.07, 6.45) is 3.93. The summed E-state index contributed by atoms with van der Waals surface area (Å²) < 4.78 is 5.17. The standard InChI is InChI=1S/C20H25N3OS/c1-24-19-11-5-16(6-12-19)15-21-20(25)22-17-7-9-18(10-8-17)23-13-3-2-4-14-23/h5-12H,2-4,13-15H2,1H3,(H2,21,22,25). The molecule has 1 saturated heterocycles. The number of thiocarbonyl (C=S) groups is 1. The van der Waals surface area contributed by atoms with Crippen molar-refractivity contribution in [1.29, 1.82) is 0 Å². The smallest absolute Gasteiger partial charge is 0.171 e. The second kappa shape index (κ2) is 8.72. The number of nitrogens with zero attached hydrogens (tertiary/aromatic N) is 1. The van der Waals surface area contributed by atoms with Crippen molar-refractivity contribution >= 4 is 28.7 Å². The van der Waals surface area contributed by atoms with Crippen molar-refractivity contribution in [2.24, 2.45) is 0 Å². The Kier molecular flexibility index (Phi) is 6.12. The van der Waals surface area contributed by atoms with E-state index in [-0.39, 0.29) is 0 Å². The monoisotopic (exact) mass is 355 g/mol. The Morgan fingerprint density at radius 3 is 2.32 bits per heavy atom. The number of methoxy groups -OCH3 is 1. The summed E-state index contributed by atoms with van der Waals surface area (Å²) in [7, 11) is 1.67. The molecule has 2 N–H and O–H groups in total. The predicted molar refractivity (Wildman–Crippen MR) is 109 cm³/mol. The molecule has 0 spiro atoms. The van der Waals surface area contributed by atoms with Crippen LogP contribution in [0.2, 0.25) is 0 Å². The maximum Gasteiger partial charge on any atom is 0.171 e. The summed E-state index contributed by atoms with van der Waals surface area (Å²) in [5, 5.41) is 7.10. The molecule has 0 bridgehead atoms. The third-order valence-corrected chi connectivity index (χ3v) is 4.70. The van der Waals surface area contributed by atoms with E-state index in [9.17, 15) is 0 Å². The Morgan fingerprint density at radius 2 is 1.68 bits per heavy atom. The number of piperidine rings is 1. The minimum absolute atomic E-state index is 0.626. The highest BCUT2D eigenvalue weighted by Gasteiger charge is 2.10. The zero-order chi connectivity index (χ0) is 17.5. The van der Waals surface area contributed by atoms with E-state index < -0.39 is 0 Å². The van der Waals surface area contributed by atoms with Crippen LogP contribution in [0.3, 0.4) is 0 Å². The molecule has 5 heteroatoms. The minimum Gasteiger partial charge on any atom is -0.497 e. The second-order valence-electron chi connectivity index (χ2n) is 6.25. The molecule has 1 aliphatic heterocycles. The van der Waals surface area contributed by atoms with Crippen LogP contribution in [0.1, 0.15) is 24.8 Å². The SMILES string of the molecule is COc1ccc(CNC(=S)Nc2ccc(N3CCCCC3)cc2)cc1. The molecular formula is C20H25N3OS. The van der Waals surface area contributed by atoms with Gasteiger partial charge in [-0.05, 0) is 73.4 Å². The number of rotatable bonds is 5. The van der Waals surface area contributed by atoms with Gasteiger partial charge in [-0.1, -0.05) is 12.1 Å². The molecule has 1 heterocycles. The van der Waals surface area contributed by atoms with Crippen LogP contribution in [-0.4, -0.2) is 25.3 Å². The van der Waals surface area contributed by atoms with Gasteiger partial charge in [-0.25, -0.2) is 0 Å². The van der Waals surface area contributed by atoms with Gasteiger partial charge >= 0.3 is 0 Å². The molecule has 0 radical (unpaired) electrons. The number of hydrogen-bond acceptors (Lipinski definition) is 3. The summed E-state index contributed by atoms with van der Waals surface area (Å²) in [6, 6.07) is 16.5. The Labute approximate surface area is 155 Å². The first-order chi connectivity index (χ1) is 12.2. The van der Waals surface area contributed by atoms with Gasteiger partial charge in [0.1, 0.15) is 5.75 Å². The zero-order valence-corrected chi connectivity index (χ0v) is 15.4. The normalized spacial score (nSPS) is 14.0. The number of benzene rings is 2. The van der Waals surface area contributed by atoms with E-state index in [4.69, 9.17) is 17.0 Å². The summed E-state index contributed by atoms with van der Waals surface area (Å²) in [5.41, 5.74) is 3.46. The number of ether oxygens (including phenoxy) is 1. The summed E-state index contributed by atoms with van der Waals surface area (Å²) in [6.45, 7) is 3.00. The summed E-state index contributed by atoms with van der Waals surface area (Å²) >= 11 is 5.38. The van der Waals surface area contributed by atoms with Crippen molar-refractivity contribution in [1.82, 2.24) is 5.32 Å². The van der Waals surface area contributed by atoms with E-state index in [1.165, 1.54) is 24.9 Å². The molecule has 2 aromatic carbocycles. The molecule has 1 fully saturated rings. The first kappa shape index (κ1) is 17.5. The molecule has 132 valence electrons. The third kappa shape index (κ3) is 5.10. The van der Waals surface area contributed by atoms with Crippen LogP contribution in [0.25, 0.3) is 0 Å². The predicted octanol–water partition coefficient (Wildman–Crippen LogP) is 4.17. The van der Waals surface area contributed by atoms with Crippen LogP contribution in [-0.2, 0) is 6.54 Å². The maximum absolute atomic E-state index is 5.38. The second-order valence-corrected chi connectivity index (χ2v) is 6.66. The van der Waals surface area contributed by atoms with E-state index in [1.54, 1.807) is 7.11 Å². The van der Waals surface area contributed by atoms with Crippen LogP contribution in [0.15, 0.2) is 48.5 Å². The zero-order valence-electron chi connectivity index (χ0n) is 14.6. The number of nitrogens with one attached hydrogen (secondary N) is 2. The lowest BCUT2D eigenvalue weighted by atomic mass is 10.1. The van der Waals surface area contributed by atoms with Crippen molar-refractivity contribution in [3.05, 3.63) is 54.1 Å². The molecule has 0 aliphatic carbocycles. The lowest BCUT2D eigenvalue weighted by Crippen LogP contribution is -2.29. The molecule has 4 nitrogen and oxygen atoms in total. The fourth-order valence-corrected chi connectivity index (χ4v) is 3.20. The van der Waals surface area contributed by atoms with Gasteiger partial charge in [-0.2, -0.15) is 0 Å². The van der Waals surface area contributed by atoms with Crippen LogP contribution in [0, 0.1) is 0 Å². The van der Waals surface area contributed by atoms with E-state index in [1.807, 2.05) is 24.3 Å². The van der Waals surface area contributed by atoms with E-state index in [2.05, 4.69) is 39.8 Å². The van der Waals surface area contributed by atoms with E-state index in [0.29, 0.717) is 11.7 Å². The van der Waals surface area contributed by atoms with Crippen molar-refractivity contribution in [3.8, 4) is 5.75 Å². The highest BCUT2D eigenvalue weighted by molar-refractivity contribution is 7.80. The Balaban J connectivity index is 1.48. The Morgan fingerprint density at radius 1 is 1.00 bits per heavy atom.